The number of amides is 2. The highest BCUT2D eigenvalue weighted by atomic mass is 16.7. The monoisotopic (exact) mass is 388 g/mol. The fourth-order valence-electron chi connectivity index (χ4n) is 3.04. The molecule has 0 spiro atoms. The molecule has 0 aromatic heterocycles. The quantitative estimate of drug-likeness (QED) is 0.695. The minimum Gasteiger partial charge on any atom is -0.454 e. The van der Waals surface area contributed by atoms with Crippen molar-refractivity contribution in [1.29, 1.82) is 0 Å². The number of aryl methyl sites for hydroxylation is 1. The molecule has 2 amide bonds. The second-order valence-electron chi connectivity index (χ2n) is 6.71. The van der Waals surface area contributed by atoms with Gasteiger partial charge in [0, 0.05) is 29.4 Å². The van der Waals surface area contributed by atoms with Gasteiger partial charge in [0.15, 0.2) is 11.5 Å². The summed E-state index contributed by atoms with van der Waals surface area (Å²) in [6, 6.07) is 19.7. The van der Waals surface area contributed by atoms with Gasteiger partial charge in [-0.3, -0.25) is 9.59 Å². The van der Waals surface area contributed by atoms with Gasteiger partial charge in [0.25, 0.3) is 11.8 Å². The van der Waals surface area contributed by atoms with E-state index >= 15 is 0 Å². The summed E-state index contributed by atoms with van der Waals surface area (Å²) in [5, 5.41) is 5.72. The summed E-state index contributed by atoms with van der Waals surface area (Å²) in [5.41, 5.74) is 3.76. The molecule has 6 nitrogen and oxygen atoms in total. The summed E-state index contributed by atoms with van der Waals surface area (Å²) in [7, 11) is 0. The van der Waals surface area contributed by atoms with Gasteiger partial charge in [-0.05, 0) is 54.4 Å². The van der Waals surface area contributed by atoms with Gasteiger partial charge in [-0.2, -0.15) is 0 Å². The van der Waals surface area contributed by atoms with E-state index in [2.05, 4.69) is 10.6 Å². The van der Waals surface area contributed by atoms with Crippen molar-refractivity contribution in [2.45, 2.75) is 13.5 Å². The Kier molecular flexibility index (Phi) is 5.16. The minimum atomic E-state index is -0.268. The number of hydrogen-bond donors (Lipinski definition) is 2. The van der Waals surface area contributed by atoms with Gasteiger partial charge in [-0.25, -0.2) is 0 Å². The zero-order chi connectivity index (χ0) is 20.2. The lowest BCUT2D eigenvalue weighted by Gasteiger charge is -2.09. The molecule has 1 aliphatic rings. The predicted molar refractivity (Wildman–Crippen MR) is 109 cm³/mol. The molecule has 29 heavy (non-hydrogen) atoms. The number of carbonyl (C=O) groups is 2. The van der Waals surface area contributed by atoms with Crippen molar-refractivity contribution < 1.29 is 19.1 Å². The van der Waals surface area contributed by atoms with Gasteiger partial charge < -0.3 is 20.1 Å². The van der Waals surface area contributed by atoms with Crippen molar-refractivity contribution in [2.24, 2.45) is 0 Å². The van der Waals surface area contributed by atoms with Crippen molar-refractivity contribution in [2.75, 3.05) is 12.1 Å². The fourth-order valence-corrected chi connectivity index (χ4v) is 3.04. The van der Waals surface area contributed by atoms with Gasteiger partial charge in [-0.1, -0.05) is 24.3 Å². The van der Waals surface area contributed by atoms with Crippen LogP contribution in [0.3, 0.4) is 0 Å². The molecule has 146 valence electrons. The molecular weight excluding hydrogens is 368 g/mol. The molecule has 1 heterocycles. The maximum absolute atomic E-state index is 12.5. The average Bonchev–Trinajstić information content (AvgIpc) is 3.21. The highest BCUT2D eigenvalue weighted by molar-refractivity contribution is 6.05. The van der Waals surface area contributed by atoms with E-state index in [1.807, 2.05) is 31.2 Å². The Morgan fingerprint density at radius 1 is 0.862 bits per heavy atom. The minimum absolute atomic E-state index is 0.181. The smallest absolute Gasteiger partial charge is 0.255 e. The Morgan fingerprint density at radius 2 is 1.55 bits per heavy atom. The summed E-state index contributed by atoms with van der Waals surface area (Å²) in [4.78, 5) is 24.8. The highest BCUT2D eigenvalue weighted by Crippen LogP contribution is 2.34. The maximum atomic E-state index is 12.5. The third-order valence-electron chi connectivity index (χ3n) is 4.74. The third-order valence-corrected chi connectivity index (χ3v) is 4.74. The van der Waals surface area contributed by atoms with Crippen LogP contribution in [0, 0.1) is 6.92 Å². The van der Waals surface area contributed by atoms with Crippen molar-refractivity contribution in [3.8, 4) is 11.5 Å². The van der Waals surface area contributed by atoms with Gasteiger partial charge in [0.1, 0.15) is 0 Å². The second-order valence-corrected chi connectivity index (χ2v) is 6.71. The molecule has 6 heteroatoms. The standard InChI is InChI=1S/C23H20N2O4/c1-15-4-2-3-5-18(15)13-24-22(26)16-6-8-17(9-7-16)23(27)25-19-10-11-20-21(12-19)29-14-28-20/h2-12H,13-14H2,1H3,(H,24,26)(H,25,27). The summed E-state index contributed by atoms with van der Waals surface area (Å²) in [5.74, 6) is 0.805. The lowest BCUT2D eigenvalue weighted by molar-refractivity contribution is 0.0949. The molecule has 0 aliphatic carbocycles. The van der Waals surface area contributed by atoms with E-state index in [1.54, 1.807) is 42.5 Å². The number of rotatable bonds is 5. The number of carbonyl (C=O) groups excluding carboxylic acids is 2. The first-order valence-electron chi connectivity index (χ1n) is 9.24. The molecule has 1 aliphatic heterocycles. The maximum Gasteiger partial charge on any atom is 0.255 e. The van der Waals surface area contributed by atoms with Crippen molar-refractivity contribution in [1.82, 2.24) is 5.32 Å². The lowest BCUT2D eigenvalue weighted by Crippen LogP contribution is -2.23. The largest absolute Gasteiger partial charge is 0.454 e. The number of benzene rings is 3. The van der Waals surface area contributed by atoms with Crippen LogP contribution in [-0.4, -0.2) is 18.6 Å². The topological polar surface area (TPSA) is 76.7 Å². The first-order chi connectivity index (χ1) is 14.1. The van der Waals surface area contributed by atoms with Gasteiger partial charge >= 0.3 is 0 Å². The fraction of sp³-hybridized carbons (Fsp3) is 0.130. The Balaban J connectivity index is 1.37. The van der Waals surface area contributed by atoms with Crippen LogP contribution in [-0.2, 0) is 6.54 Å². The van der Waals surface area contributed by atoms with E-state index in [0.29, 0.717) is 34.9 Å². The van der Waals surface area contributed by atoms with E-state index in [0.717, 1.165) is 11.1 Å². The molecular formula is C23H20N2O4. The number of ether oxygens (including phenoxy) is 2. The molecule has 0 fully saturated rings. The van der Waals surface area contributed by atoms with Crippen LogP contribution in [0.25, 0.3) is 0 Å². The molecule has 3 aromatic rings. The SMILES string of the molecule is Cc1ccccc1CNC(=O)c1ccc(C(=O)Nc2ccc3c(c2)OCO3)cc1. The first kappa shape index (κ1) is 18.6. The van der Waals surface area contributed by atoms with Crippen LogP contribution in [0.1, 0.15) is 31.8 Å². The zero-order valence-corrected chi connectivity index (χ0v) is 15.9. The van der Waals surface area contributed by atoms with Crippen molar-refractivity contribution in [3.05, 3.63) is 89.0 Å². The van der Waals surface area contributed by atoms with Crippen LogP contribution in [0.5, 0.6) is 11.5 Å². The molecule has 0 unspecified atom stereocenters. The van der Waals surface area contributed by atoms with E-state index in [4.69, 9.17) is 9.47 Å². The third kappa shape index (κ3) is 4.21. The number of anilines is 1. The van der Waals surface area contributed by atoms with E-state index in [-0.39, 0.29) is 18.6 Å². The molecule has 3 aromatic carbocycles. The number of hydrogen-bond acceptors (Lipinski definition) is 4. The van der Waals surface area contributed by atoms with Gasteiger partial charge in [0.2, 0.25) is 6.79 Å². The Hall–Kier alpha value is -3.80. The van der Waals surface area contributed by atoms with Crippen molar-refractivity contribution >= 4 is 17.5 Å². The Bertz CT molecular complexity index is 1060. The normalized spacial score (nSPS) is 11.8. The van der Waals surface area contributed by atoms with Crippen molar-refractivity contribution in [3.63, 3.8) is 0 Å². The van der Waals surface area contributed by atoms with Gasteiger partial charge in [0.05, 0.1) is 0 Å². The number of nitrogens with one attached hydrogen (secondary N) is 2. The first-order valence-corrected chi connectivity index (χ1v) is 9.24. The Morgan fingerprint density at radius 3 is 2.31 bits per heavy atom. The molecule has 0 radical (unpaired) electrons. The molecule has 0 saturated carbocycles. The van der Waals surface area contributed by atoms with E-state index in [9.17, 15) is 9.59 Å². The van der Waals surface area contributed by atoms with Crippen LogP contribution in [0.2, 0.25) is 0 Å². The molecule has 2 N–H and O–H groups in total. The van der Waals surface area contributed by atoms with E-state index < -0.39 is 0 Å². The molecule has 4 rings (SSSR count). The summed E-state index contributed by atoms with van der Waals surface area (Å²) in [6.07, 6.45) is 0. The Labute approximate surface area is 168 Å². The highest BCUT2D eigenvalue weighted by Gasteiger charge is 2.15. The lowest BCUT2D eigenvalue weighted by atomic mass is 10.1. The average molecular weight is 388 g/mol. The van der Waals surface area contributed by atoms with Crippen LogP contribution >= 0.6 is 0 Å². The summed E-state index contributed by atoms with van der Waals surface area (Å²) in [6.45, 7) is 2.65. The van der Waals surface area contributed by atoms with E-state index in [1.165, 1.54) is 0 Å². The number of fused-ring (bicyclic) bond motifs is 1. The second kappa shape index (κ2) is 8.06. The predicted octanol–water partition coefficient (Wildman–Crippen LogP) is 3.91. The van der Waals surface area contributed by atoms with Crippen LogP contribution in [0.4, 0.5) is 5.69 Å². The summed E-state index contributed by atoms with van der Waals surface area (Å²) >= 11 is 0. The van der Waals surface area contributed by atoms with Crippen LogP contribution < -0.4 is 20.1 Å². The van der Waals surface area contributed by atoms with Crippen LogP contribution in [0.15, 0.2) is 66.7 Å². The molecule has 0 saturated heterocycles. The zero-order valence-electron chi connectivity index (χ0n) is 15.9. The molecule has 0 bridgehead atoms. The molecule has 0 atom stereocenters. The van der Waals surface area contributed by atoms with Gasteiger partial charge in [-0.15, -0.1) is 0 Å². The summed E-state index contributed by atoms with van der Waals surface area (Å²) < 4.78 is 10.6.